The van der Waals surface area contributed by atoms with Gasteiger partial charge in [0.15, 0.2) is 5.78 Å². The fourth-order valence-corrected chi connectivity index (χ4v) is 4.07. The minimum Gasteiger partial charge on any atom is -0.393 e. The highest BCUT2D eigenvalue weighted by atomic mass is 16.6. The van der Waals surface area contributed by atoms with Crippen molar-refractivity contribution in [3.63, 3.8) is 0 Å². The molecular weight excluding hydrogens is 414 g/mol. The number of hydrogen-bond donors (Lipinski definition) is 3. The van der Waals surface area contributed by atoms with E-state index in [0.29, 0.717) is 31.0 Å². The summed E-state index contributed by atoms with van der Waals surface area (Å²) < 4.78 is 11.5. The zero-order valence-corrected chi connectivity index (χ0v) is 19.4. The summed E-state index contributed by atoms with van der Waals surface area (Å²) in [6.07, 6.45) is 2.27. The Morgan fingerprint density at radius 3 is 2.47 bits per heavy atom. The first-order valence-corrected chi connectivity index (χ1v) is 11.1. The minimum absolute atomic E-state index is 0.0223. The molecule has 2 aliphatic rings. The van der Waals surface area contributed by atoms with E-state index in [9.17, 15) is 20.1 Å². The Labute approximate surface area is 189 Å². The van der Waals surface area contributed by atoms with E-state index in [1.165, 1.54) is 18.5 Å². The maximum absolute atomic E-state index is 12.5. The molecule has 0 unspecified atom stereocenters. The molecule has 2 saturated heterocycles. The first-order chi connectivity index (χ1) is 15.1. The SMILES string of the molecule is C/C(=C\C(=O)c1cnc(N(C)C)nc1)C[C@@H]1OC[C@H](C[C@@H]2O[C@H]2[C@@H](C)[C@H](C)O)[C@@H](O)[C@H]1O. The van der Waals surface area contributed by atoms with Crippen LogP contribution < -0.4 is 4.90 Å². The number of ether oxygens (including phenoxy) is 2. The number of carbonyl (C=O) groups is 1. The Balaban J connectivity index is 1.52. The maximum atomic E-state index is 12.5. The molecule has 0 radical (unpaired) electrons. The lowest BCUT2D eigenvalue weighted by atomic mass is 9.85. The highest BCUT2D eigenvalue weighted by Gasteiger charge is 2.48. The van der Waals surface area contributed by atoms with Crippen LogP contribution in [0.15, 0.2) is 24.0 Å². The van der Waals surface area contributed by atoms with Gasteiger partial charge in [0, 0.05) is 38.3 Å². The summed E-state index contributed by atoms with van der Waals surface area (Å²) in [5.74, 6) is 0.0818. The first-order valence-electron chi connectivity index (χ1n) is 11.1. The van der Waals surface area contributed by atoms with E-state index >= 15 is 0 Å². The van der Waals surface area contributed by atoms with Crippen molar-refractivity contribution in [3.8, 4) is 0 Å². The molecule has 9 heteroatoms. The number of epoxide rings is 1. The summed E-state index contributed by atoms with van der Waals surface area (Å²) in [6.45, 7) is 5.77. The molecule has 3 rings (SSSR count). The molecule has 1 aromatic rings. The number of hydrogen-bond acceptors (Lipinski definition) is 9. The van der Waals surface area contributed by atoms with Crippen molar-refractivity contribution in [1.29, 1.82) is 0 Å². The van der Waals surface area contributed by atoms with Gasteiger partial charge in [0.05, 0.1) is 42.7 Å². The molecule has 3 N–H and O–H groups in total. The third-order valence-corrected chi connectivity index (χ3v) is 6.40. The smallest absolute Gasteiger partial charge is 0.224 e. The van der Waals surface area contributed by atoms with Gasteiger partial charge in [-0.25, -0.2) is 9.97 Å². The predicted octanol–water partition coefficient (Wildman–Crippen LogP) is 0.973. The number of carbonyl (C=O) groups excluding carboxylic acids is 1. The summed E-state index contributed by atoms with van der Waals surface area (Å²) in [4.78, 5) is 22.5. The molecule has 8 atom stereocenters. The Kier molecular flexibility index (Phi) is 8.00. The van der Waals surface area contributed by atoms with Crippen molar-refractivity contribution in [2.75, 3.05) is 25.6 Å². The Morgan fingerprint density at radius 1 is 1.22 bits per heavy atom. The summed E-state index contributed by atoms with van der Waals surface area (Å²) >= 11 is 0. The van der Waals surface area contributed by atoms with Crippen molar-refractivity contribution in [3.05, 3.63) is 29.6 Å². The van der Waals surface area contributed by atoms with Crippen LogP contribution in [0.3, 0.4) is 0 Å². The maximum Gasteiger partial charge on any atom is 0.224 e. The second-order valence-corrected chi connectivity index (χ2v) is 9.31. The van der Waals surface area contributed by atoms with Gasteiger partial charge in [-0.1, -0.05) is 12.5 Å². The number of aliphatic hydroxyl groups excluding tert-OH is 3. The van der Waals surface area contributed by atoms with E-state index in [4.69, 9.17) is 9.47 Å². The molecule has 178 valence electrons. The van der Waals surface area contributed by atoms with Gasteiger partial charge in [0.1, 0.15) is 6.10 Å². The van der Waals surface area contributed by atoms with Gasteiger partial charge in [-0.2, -0.15) is 0 Å². The predicted molar refractivity (Wildman–Crippen MR) is 118 cm³/mol. The summed E-state index contributed by atoms with van der Waals surface area (Å²) in [6, 6.07) is 0. The van der Waals surface area contributed by atoms with Gasteiger partial charge < -0.3 is 29.7 Å². The van der Waals surface area contributed by atoms with Gasteiger partial charge in [0.2, 0.25) is 5.95 Å². The van der Waals surface area contributed by atoms with Crippen LogP contribution in [0.4, 0.5) is 5.95 Å². The Morgan fingerprint density at radius 2 is 1.88 bits per heavy atom. The van der Waals surface area contributed by atoms with E-state index in [1.807, 2.05) is 21.0 Å². The molecule has 0 saturated carbocycles. The summed E-state index contributed by atoms with van der Waals surface area (Å²) in [5.41, 5.74) is 1.11. The number of ketones is 1. The lowest BCUT2D eigenvalue weighted by molar-refractivity contribution is -0.165. The zero-order chi connectivity index (χ0) is 23.6. The normalized spacial score (nSPS) is 32.3. The number of allylic oxidation sites excluding steroid dienone is 1. The number of aliphatic hydroxyl groups is 3. The topological polar surface area (TPSA) is 129 Å². The van der Waals surface area contributed by atoms with Crippen LogP contribution in [0.25, 0.3) is 0 Å². The molecule has 1 aromatic heterocycles. The second kappa shape index (κ2) is 10.4. The molecule has 0 spiro atoms. The fourth-order valence-electron chi connectivity index (χ4n) is 4.07. The fraction of sp³-hybridized carbons (Fsp3) is 0.696. The molecule has 2 fully saturated rings. The number of aromatic nitrogens is 2. The largest absolute Gasteiger partial charge is 0.393 e. The molecule has 3 heterocycles. The van der Waals surface area contributed by atoms with Crippen molar-refractivity contribution < 1.29 is 29.6 Å². The third kappa shape index (κ3) is 5.90. The van der Waals surface area contributed by atoms with Gasteiger partial charge in [0.25, 0.3) is 0 Å². The van der Waals surface area contributed by atoms with Crippen molar-refractivity contribution in [1.82, 2.24) is 9.97 Å². The Hall–Kier alpha value is -1.91. The van der Waals surface area contributed by atoms with Crippen molar-refractivity contribution in [2.45, 2.75) is 70.2 Å². The number of rotatable bonds is 9. The van der Waals surface area contributed by atoms with Crippen LogP contribution in [0.5, 0.6) is 0 Å². The lowest BCUT2D eigenvalue weighted by Crippen LogP contribution is -2.50. The van der Waals surface area contributed by atoms with Crippen LogP contribution in [0.2, 0.25) is 0 Å². The third-order valence-electron chi connectivity index (χ3n) is 6.40. The summed E-state index contributed by atoms with van der Waals surface area (Å²) in [5, 5.41) is 30.9. The molecule has 0 amide bonds. The summed E-state index contributed by atoms with van der Waals surface area (Å²) in [7, 11) is 3.64. The van der Waals surface area contributed by atoms with Crippen LogP contribution in [-0.2, 0) is 9.47 Å². The molecule has 9 nitrogen and oxygen atoms in total. The van der Waals surface area contributed by atoms with Gasteiger partial charge in [-0.05, 0) is 32.8 Å². The highest BCUT2D eigenvalue weighted by Crippen LogP contribution is 2.38. The van der Waals surface area contributed by atoms with E-state index in [2.05, 4.69) is 9.97 Å². The lowest BCUT2D eigenvalue weighted by Gasteiger charge is -2.38. The molecular formula is C23H35N3O6. The average molecular weight is 450 g/mol. The van der Waals surface area contributed by atoms with E-state index in [1.54, 1.807) is 18.7 Å². The van der Waals surface area contributed by atoms with Gasteiger partial charge >= 0.3 is 0 Å². The van der Waals surface area contributed by atoms with Gasteiger partial charge in [-0.3, -0.25) is 4.79 Å². The number of anilines is 1. The Bertz CT molecular complexity index is 812. The van der Waals surface area contributed by atoms with Crippen LogP contribution in [-0.4, -0.2) is 88.4 Å². The number of nitrogens with zero attached hydrogens (tertiary/aromatic N) is 3. The van der Waals surface area contributed by atoms with Crippen molar-refractivity contribution in [2.24, 2.45) is 11.8 Å². The van der Waals surface area contributed by atoms with Crippen molar-refractivity contribution >= 4 is 11.7 Å². The monoisotopic (exact) mass is 449 g/mol. The van der Waals surface area contributed by atoms with Gasteiger partial charge in [-0.15, -0.1) is 0 Å². The molecule has 0 bridgehead atoms. The average Bonchev–Trinajstić information content (AvgIpc) is 3.51. The molecule has 0 aliphatic carbocycles. The molecule has 2 aliphatic heterocycles. The highest BCUT2D eigenvalue weighted by molar-refractivity contribution is 6.04. The first kappa shape index (κ1) is 24.7. The zero-order valence-electron chi connectivity index (χ0n) is 19.4. The minimum atomic E-state index is -1.05. The second-order valence-electron chi connectivity index (χ2n) is 9.31. The van der Waals surface area contributed by atoms with E-state index in [-0.39, 0.29) is 29.8 Å². The molecule has 32 heavy (non-hydrogen) atoms. The standard InChI is InChI=1S/C23H35N3O6/c1-12(6-17(28)16-9-24-23(25-10-16)26(4)5)7-18-21(30)20(29)15(11-31-18)8-19-22(32-19)13(2)14(3)27/h6,9-10,13-15,18-22,27,29-30H,7-8,11H2,1-5H3/b12-6+/t13-,14-,15-,18-,19-,20+,21-,22-/m0/s1. The van der Waals surface area contributed by atoms with E-state index in [0.717, 1.165) is 5.57 Å². The van der Waals surface area contributed by atoms with E-state index < -0.39 is 24.4 Å². The van der Waals surface area contributed by atoms with Crippen LogP contribution in [0.1, 0.15) is 44.0 Å². The quantitative estimate of drug-likeness (QED) is 0.287. The van der Waals surface area contributed by atoms with Crippen LogP contribution >= 0.6 is 0 Å². The van der Waals surface area contributed by atoms with Crippen LogP contribution in [0, 0.1) is 11.8 Å². The molecule has 0 aromatic carbocycles.